The molecule has 1 aromatic heterocycles. The monoisotopic (exact) mass is 389 g/mol. The molecule has 0 bridgehead atoms. The number of hydrogen-bond acceptors (Lipinski definition) is 6. The second-order valence-electron chi connectivity index (χ2n) is 6.10. The SMILES string of the molecule is CCCSNc1ccc(C(=O)N2CC(OC(=O)c3ccccn3)C2)cc1F. The van der Waals surface area contributed by atoms with Crippen LogP contribution in [0.15, 0.2) is 42.6 Å². The molecule has 0 atom stereocenters. The number of nitrogens with one attached hydrogen (secondary N) is 1. The Kier molecular flexibility index (Phi) is 6.28. The van der Waals surface area contributed by atoms with Crippen LogP contribution in [0.4, 0.5) is 10.1 Å². The minimum absolute atomic E-state index is 0.230. The Bertz CT molecular complexity index is 813. The minimum Gasteiger partial charge on any atom is -0.454 e. The molecule has 1 saturated heterocycles. The first-order valence-corrected chi connectivity index (χ1v) is 9.65. The quantitative estimate of drug-likeness (QED) is 0.445. The van der Waals surface area contributed by atoms with Crippen molar-refractivity contribution >= 4 is 29.5 Å². The Morgan fingerprint density at radius 3 is 2.81 bits per heavy atom. The second kappa shape index (κ2) is 8.85. The Hall–Kier alpha value is -2.61. The third-order valence-corrected chi connectivity index (χ3v) is 4.96. The lowest BCUT2D eigenvalue weighted by molar-refractivity contribution is -0.0238. The van der Waals surface area contributed by atoms with Gasteiger partial charge in [-0.2, -0.15) is 0 Å². The maximum Gasteiger partial charge on any atom is 0.357 e. The van der Waals surface area contributed by atoms with Crippen LogP contribution in [0.2, 0.25) is 0 Å². The molecule has 1 aliphatic heterocycles. The van der Waals surface area contributed by atoms with Crippen molar-refractivity contribution in [1.29, 1.82) is 0 Å². The normalized spacial score (nSPS) is 13.8. The lowest BCUT2D eigenvalue weighted by atomic mass is 10.1. The molecule has 8 heteroatoms. The van der Waals surface area contributed by atoms with Crippen LogP contribution in [-0.2, 0) is 4.74 Å². The third kappa shape index (κ3) is 4.77. The predicted molar refractivity (Wildman–Crippen MR) is 102 cm³/mol. The Morgan fingerprint density at radius 2 is 2.15 bits per heavy atom. The van der Waals surface area contributed by atoms with Gasteiger partial charge in [-0.25, -0.2) is 14.2 Å². The summed E-state index contributed by atoms with van der Waals surface area (Å²) < 4.78 is 22.4. The fourth-order valence-electron chi connectivity index (χ4n) is 2.52. The van der Waals surface area contributed by atoms with Crippen LogP contribution in [0, 0.1) is 5.82 Å². The van der Waals surface area contributed by atoms with Crippen LogP contribution in [0.25, 0.3) is 0 Å². The van der Waals surface area contributed by atoms with E-state index in [1.807, 2.05) is 6.92 Å². The van der Waals surface area contributed by atoms with E-state index in [4.69, 9.17) is 4.74 Å². The van der Waals surface area contributed by atoms with Crippen molar-refractivity contribution in [2.24, 2.45) is 0 Å². The number of pyridine rings is 1. The van der Waals surface area contributed by atoms with E-state index in [9.17, 15) is 14.0 Å². The lowest BCUT2D eigenvalue weighted by Gasteiger charge is -2.38. The molecule has 2 heterocycles. The van der Waals surface area contributed by atoms with Gasteiger partial charge in [0, 0.05) is 17.5 Å². The van der Waals surface area contributed by atoms with Gasteiger partial charge in [0.05, 0.1) is 18.8 Å². The maximum atomic E-state index is 14.1. The van der Waals surface area contributed by atoms with Crippen LogP contribution >= 0.6 is 11.9 Å². The van der Waals surface area contributed by atoms with Crippen molar-refractivity contribution in [3.63, 3.8) is 0 Å². The largest absolute Gasteiger partial charge is 0.454 e. The molecule has 1 amide bonds. The number of anilines is 1. The molecule has 0 unspecified atom stereocenters. The van der Waals surface area contributed by atoms with E-state index in [2.05, 4.69) is 9.71 Å². The smallest absolute Gasteiger partial charge is 0.357 e. The molecule has 6 nitrogen and oxygen atoms in total. The van der Waals surface area contributed by atoms with Gasteiger partial charge in [-0.3, -0.25) is 4.79 Å². The fraction of sp³-hybridized carbons (Fsp3) is 0.316. The van der Waals surface area contributed by atoms with Crippen LogP contribution in [-0.4, -0.2) is 46.7 Å². The van der Waals surface area contributed by atoms with Crippen molar-refractivity contribution in [1.82, 2.24) is 9.88 Å². The van der Waals surface area contributed by atoms with Crippen LogP contribution in [0.1, 0.15) is 34.2 Å². The van der Waals surface area contributed by atoms with E-state index in [-0.39, 0.29) is 36.4 Å². The van der Waals surface area contributed by atoms with E-state index < -0.39 is 11.8 Å². The van der Waals surface area contributed by atoms with E-state index in [0.717, 1.165) is 12.2 Å². The van der Waals surface area contributed by atoms with Gasteiger partial charge in [0.2, 0.25) is 0 Å². The highest BCUT2D eigenvalue weighted by Gasteiger charge is 2.34. The second-order valence-corrected chi connectivity index (χ2v) is 7.00. The van der Waals surface area contributed by atoms with E-state index in [1.165, 1.54) is 29.1 Å². The van der Waals surface area contributed by atoms with Gasteiger partial charge < -0.3 is 14.4 Å². The van der Waals surface area contributed by atoms with Crippen molar-refractivity contribution in [3.8, 4) is 0 Å². The van der Waals surface area contributed by atoms with Crippen molar-refractivity contribution in [2.75, 3.05) is 23.6 Å². The molecule has 1 aliphatic rings. The highest BCUT2D eigenvalue weighted by molar-refractivity contribution is 8.00. The summed E-state index contributed by atoms with van der Waals surface area (Å²) >= 11 is 1.42. The fourth-order valence-corrected chi connectivity index (χ4v) is 3.15. The number of carbonyl (C=O) groups excluding carboxylic acids is 2. The highest BCUT2D eigenvalue weighted by atomic mass is 32.2. The van der Waals surface area contributed by atoms with Gasteiger partial charge in [-0.15, -0.1) is 0 Å². The molecule has 3 rings (SSSR count). The van der Waals surface area contributed by atoms with Crippen molar-refractivity contribution < 1.29 is 18.7 Å². The number of carbonyl (C=O) groups is 2. The molecule has 0 saturated carbocycles. The maximum absolute atomic E-state index is 14.1. The first-order valence-electron chi connectivity index (χ1n) is 8.67. The topological polar surface area (TPSA) is 71.5 Å². The number of nitrogens with zero attached hydrogens (tertiary/aromatic N) is 2. The van der Waals surface area contributed by atoms with E-state index in [1.54, 1.807) is 30.3 Å². The molecular formula is C19H20FN3O3S. The summed E-state index contributed by atoms with van der Waals surface area (Å²) in [6.07, 6.45) is 2.12. The van der Waals surface area contributed by atoms with E-state index >= 15 is 0 Å². The van der Waals surface area contributed by atoms with Gasteiger partial charge in [0.1, 0.15) is 17.6 Å². The average molecular weight is 389 g/mol. The van der Waals surface area contributed by atoms with Crippen LogP contribution in [0.3, 0.4) is 0 Å². The first kappa shape index (κ1) is 19.2. The zero-order valence-corrected chi connectivity index (χ0v) is 15.7. The molecular weight excluding hydrogens is 369 g/mol. The molecule has 1 aromatic carbocycles. The van der Waals surface area contributed by atoms with Gasteiger partial charge in [0.15, 0.2) is 0 Å². The zero-order chi connectivity index (χ0) is 19.2. The number of halogens is 1. The predicted octanol–water partition coefficient (Wildman–Crippen LogP) is 3.37. The third-order valence-electron chi connectivity index (χ3n) is 3.99. The van der Waals surface area contributed by atoms with Gasteiger partial charge >= 0.3 is 5.97 Å². The van der Waals surface area contributed by atoms with Crippen molar-refractivity contribution in [2.45, 2.75) is 19.4 Å². The van der Waals surface area contributed by atoms with Crippen LogP contribution < -0.4 is 4.72 Å². The standard InChI is InChI=1S/C19H20FN3O3S/c1-2-9-27-22-16-7-6-13(10-15(16)20)18(24)23-11-14(12-23)26-19(25)17-5-3-4-8-21-17/h3-8,10,14,22H,2,9,11-12H2,1H3. The number of rotatable bonds is 7. The molecule has 2 aromatic rings. The Labute approximate surface area is 161 Å². The number of hydrogen-bond donors (Lipinski definition) is 1. The number of likely N-dealkylation sites (tertiary alicyclic amines) is 1. The lowest BCUT2D eigenvalue weighted by Crippen LogP contribution is -2.55. The summed E-state index contributed by atoms with van der Waals surface area (Å²) in [7, 11) is 0. The van der Waals surface area contributed by atoms with Gasteiger partial charge in [-0.1, -0.05) is 24.9 Å². The molecule has 1 fully saturated rings. The van der Waals surface area contributed by atoms with Crippen molar-refractivity contribution in [3.05, 3.63) is 59.7 Å². The molecule has 27 heavy (non-hydrogen) atoms. The summed E-state index contributed by atoms with van der Waals surface area (Å²) in [5.41, 5.74) is 0.859. The number of amides is 1. The van der Waals surface area contributed by atoms with E-state index in [0.29, 0.717) is 5.69 Å². The number of aromatic nitrogens is 1. The Balaban J connectivity index is 1.51. The molecule has 1 N–H and O–H groups in total. The minimum atomic E-state index is -0.515. The van der Waals surface area contributed by atoms with Gasteiger partial charge in [0.25, 0.3) is 5.91 Å². The molecule has 0 aliphatic carbocycles. The zero-order valence-electron chi connectivity index (χ0n) is 14.9. The van der Waals surface area contributed by atoms with Gasteiger partial charge in [-0.05, 0) is 36.8 Å². The average Bonchev–Trinajstić information content (AvgIpc) is 2.65. The number of benzene rings is 1. The number of ether oxygens (including phenoxy) is 1. The molecule has 0 radical (unpaired) electrons. The highest BCUT2D eigenvalue weighted by Crippen LogP contribution is 2.22. The summed E-state index contributed by atoms with van der Waals surface area (Å²) in [6.45, 7) is 2.61. The summed E-state index contributed by atoms with van der Waals surface area (Å²) in [5.74, 6) is -0.402. The number of esters is 1. The summed E-state index contributed by atoms with van der Waals surface area (Å²) in [5, 5.41) is 0. The molecule has 0 spiro atoms. The van der Waals surface area contributed by atoms with Crippen LogP contribution in [0.5, 0.6) is 0 Å². The summed E-state index contributed by atoms with van der Waals surface area (Å²) in [6, 6.07) is 9.36. The Morgan fingerprint density at radius 1 is 1.33 bits per heavy atom. The summed E-state index contributed by atoms with van der Waals surface area (Å²) in [4.78, 5) is 29.8. The first-order chi connectivity index (χ1) is 13.1. The molecule has 142 valence electrons.